The Bertz CT molecular complexity index is 862. The van der Waals surface area contributed by atoms with Crippen LogP contribution in [0.15, 0.2) is 34.9 Å². The van der Waals surface area contributed by atoms with Gasteiger partial charge in [0.15, 0.2) is 0 Å². The smallest absolute Gasteiger partial charge is 0.271 e. The summed E-state index contributed by atoms with van der Waals surface area (Å²) >= 11 is 0. The zero-order chi connectivity index (χ0) is 20.7. The van der Waals surface area contributed by atoms with Crippen molar-refractivity contribution in [2.45, 2.75) is 39.5 Å². The number of amides is 2. The van der Waals surface area contributed by atoms with Gasteiger partial charge in [0.05, 0.1) is 14.2 Å². The fourth-order valence-electron chi connectivity index (χ4n) is 3.12. The van der Waals surface area contributed by atoms with E-state index < -0.39 is 5.91 Å². The average Bonchev–Trinajstić information content (AvgIpc) is 2.71. The second kappa shape index (κ2) is 9.75. The van der Waals surface area contributed by atoms with Gasteiger partial charge in [-0.05, 0) is 37.1 Å². The molecular formula is C22H26N2O4. The van der Waals surface area contributed by atoms with Crippen LogP contribution in [0.2, 0.25) is 0 Å². The van der Waals surface area contributed by atoms with Crippen molar-refractivity contribution in [3.05, 3.63) is 40.5 Å². The lowest BCUT2D eigenvalue weighted by atomic mass is 9.93. The molecule has 1 aliphatic heterocycles. The van der Waals surface area contributed by atoms with E-state index in [2.05, 4.69) is 6.92 Å². The van der Waals surface area contributed by atoms with Crippen LogP contribution in [-0.2, 0) is 9.59 Å². The Balaban J connectivity index is 2.45. The molecule has 0 fully saturated rings. The summed E-state index contributed by atoms with van der Waals surface area (Å²) in [5.41, 5.74) is 1.40. The van der Waals surface area contributed by atoms with E-state index in [-0.39, 0.29) is 11.5 Å². The molecule has 0 N–H and O–H groups in total. The lowest BCUT2D eigenvalue weighted by Crippen LogP contribution is -2.43. The van der Waals surface area contributed by atoms with Gasteiger partial charge in [-0.3, -0.25) is 14.5 Å². The molecule has 0 spiro atoms. The molecule has 2 rings (SSSR count). The van der Waals surface area contributed by atoms with Crippen molar-refractivity contribution in [1.29, 1.82) is 5.26 Å². The summed E-state index contributed by atoms with van der Waals surface area (Å²) in [4.78, 5) is 26.8. The maximum atomic E-state index is 13.0. The first-order chi connectivity index (χ1) is 13.5. The van der Waals surface area contributed by atoms with E-state index in [1.165, 1.54) is 12.0 Å². The molecule has 0 aromatic heterocycles. The van der Waals surface area contributed by atoms with E-state index in [0.29, 0.717) is 34.8 Å². The molecular weight excluding hydrogens is 356 g/mol. The van der Waals surface area contributed by atoms with Crippen molar-refractivity contribution < 1.29 is 19.1 Å². The van der Waals surface area contributed by atoms with E-state index in [9.17, 15) is 14.9 Å². The van der Waals surface area contributed by atoms with Gasteiger partial charge in [0.25, 0.3) is 11.8 Å². The molecule has 0 radical (unpaired) electrons. The molecule has 0 atom stereocenters. The lowest BCUT2D eigenvalue weighted by molar-refractivity contribution is -0.140. The van der Waals surface area contributed by atoms with Gasteiger partial charge < -0.3 is 9.47 Å². The molecule has 6 heteroatoms. The summed E-state index contributed by atoms with van der Waals surface area (Å²) in [6.45, 7) is 4.04. The van der Waals surface area contributed by atoms with Gasteiger partial charge in [-0.15, -0.1) is 0 Å². The quantitative estimate of drug-likeness (QED) is 0.387. The molecule has 2 amide bonds. The lowest BCUT2D eigenvalue weighted by Gasteiger charge is -2.27. The highest BCUT2D eigenvalue weighted by Crippen LogP contribution is 2.31. The van der Waals surface area contributed by atoms with Crippen LogP contribution < -0.4 is 9.47 Å². The van der Waals surface area contributed by atoms with Gasteiger partial charge in [-0.25, -0.2) is 0 Å². The number of imide groups is 1. The molecule has 0 aliphatic carbocycles. The summed E-state index contributed by atoms with van der Waals surface area (Å²) in [5.74, 6) is 0.278. The second-order valence-corrected chi connectivity index (χ2v) is 6.60. The van der Waals surface area contributed by atoms with Gasteiger partial charge in [0.2, 0.25) is 0 Å². The standard InChI is InChI=1S/C22H26N2O4/c1-5-6-7-8-11-24-21(25)18(15(2)19(14-23)22(24)26)12-16-9-10-17(27-3)13-20(16)28-4/h9-10,12-13H,5-8,11H2,1-4H3/b18-12+. The summed E-state index contributed by atoms with van der Waals surface area (Å²) < 4.78 is 10.6. The van der Waals surface area contributed by atoms with Crippen LogP contribution in [0.3, 0.4) is 0 Å². The number of hydrogen-bond donors (Lipinski definition) is 0. The highest BCUT2D eigenvalue weighted by Gasteiger charge is 2.35. The first-order valence-corrected chi connectivity index (χ1v) is 9.39. The molecule has 1 heterocycles. The number of benzene rings is 1. The van der Waals surface area contributed by atoms with E-state index >= 15 is 0 Å². The highest BCUT2D eigenvalue weighted by molar-refractivity contribution is 6.19. The number of unbranched alkanes of at least 4 members (excludes halogenated alkanes) is 3. The first-order valence-electron chi connectivity index (χ1n) is 9.39. The van der Waals surface area contributed by atoms with Gasteiger partial charge in [-0.2, -0.15) is 5.26 Å². The third-order valence-electron chi connectivity index (χ3n) is 4.80. The van der Waals surface area contributed by atoms with Crippen molar-refractivity contribution in [1.82, 2.24) is 4.90 Å². The highest BCUT2D eigenvalue weighted by atomic mass is 16.5. The molecule has 148 valence electrons. The molecule has 6 nitrogen and oxygen atoms in total. The van der Waals surface area contributed by atoms with E-state index in [1.54, 1.807) is 38.3 Å². The molecule has 0 unspecified atom stereocenters. The predicted octanol–water partition coefficient (Wildman–Crippen LogP) is 3.88. The van der Waals surface area contributed by atoms with Crippen molar-refractivity contribution in [3.63, 3.8) is 0 Å². The summed E-state index contributed by atoms with van der Waals surface area (Å²) in [7, 11) is 3.10. The zero-order valence-electron chi connectivity index (χ0n) is 16.9. The summed E-state index contributed by atoms with van der Waals surface area (Å²) in [6, 6.07) is 7.22. The summed E-state index contributed by atoms with van der Waals surface area (Å²) in [5, 5.41) is 9.46. The van der Waals surface area contributed by atoms with E-state index in [4.69, 9.17) is 9.47 Å². The fourth-order valence-corrected chi connectivity index (χ4v) is 3.12. The maximum absolute atomic E-state index is 13.0. The average molecular weight is 382 g/mol. The molecule has 1 aromatic carbocycles. The monoisotopic (exact) mass is 382 g/mol. The van der Waals surface area contributed by atoms with Gasteiger partial charge in [0, 0.05) is 23.7 Å². The number of ether oxygens (including phenoxy) is 2. The van der Waals surface area contributed by atoms with Gasteiger partial charge in [-0.1, -0.05) is 26.2 Å². The molecule has 28 heavy (non-hydrogen) atoms. The Morgan fingerprint density at radius 1 is 1.11 bits per heavy atom. The third-order valence-corrected chi connectivity index (χ3v) is 4.80. The van der Waals surface area contributed by atoms with Crippen LogP contribution in [0.4, 0.5) is 0 Å². The maximum Gasteiger partial charge on any atom is 0.271 e. The SMILES string of the molecule is CCCCCCN1C(=O)C(C#N)=C(C)/C(=C\c2ccc(OC)cc2OC)C1=O. The normalized spacial score (nSPS) is 15.8. The fraction of sp³-hybridized carbons (Fsp3) is 0.409. The Labute approximate surface area is 166 Å². The Kier molecular flexibility index (Phi) is 7.39. The van der Waals surface area contributed by atoms with Crippen molar-refractivity contribution >= 4 is 17.9 Å². The summed E-state index contributed by atoms with van der Waals surface area (Å²) in [6.07, 6.45) is 5.43. The van der Waals surface area contributed by atoms with Crippen LogP contribution in [0, 0.1) is 11.3 Å². The molecule has 1 aromatic rings. The Morgan fingerprint density at radius 3 is 2.46 bits per heavy atom. The third kappa shape index (κ3) is 4.42. The minimum absolute atomic E-state index is 0.00817. The predicted molar refractivity (Wildman–Crippen MR) is 107 cm³/mol. The van der Waals surface area contributed by atoms with Crippen LogP contribution in [0.5, 0.6) is 11.5 Å². The number of nitrogens with zero attached hydrogens (tertiary/aromatic N) is 2. The van der Waals surface area contributed by atoms with Crippen molar-refractivity contribution in [2.75, 3.05) is 20.8 Å². The van der Waals surface area contributed by atoms with Crippen LogP contribution in [0.1, 0.15) is 45.1 Å². The molecule has 1 aliphatic rings. The minimum Gasteiger partial charge on any atom is -0.497 e. The van der Waals surface area contributed by atoms with Crippen LogP contribution in [-0.4, -0.2) is 37.5 Å². The van der Waals surface area contributed by atoms with Crippen LogP contribution >= 0.6 is 0 Å². The number of carbonyl (C=O) groups is 2. The topological polar surface area (TPSA) is 79.6 Å². The first kappa shape index (κ1) is 21.2. The number of nitriles is 1. The van der Waals surface area contributed by atoms with Crippen molar-refractivity contribution in [3.8, 4) is 17.6 Å². The van der Waals surface area contributed by atoms with Crippen molar-refractivity contribution in [2.24, 2.45) is 0 Å². The van der Waals surface area contributed by atoms with Gasteiger partial charge in [0.1, 0.15) is 23.1 Å². The largest absolute Gasteiger partial charge is 0.497 e. The number of methoxy groups -OCH3 is 2. The number of rotatable bonds is 8. The number of carbonyl (C=O) groups excluding carboxylic acids is 2. The molecule has 0 saturated carbocycles. The Morgan fingerprint density at radius 2 is 1.86 bits per heavy atom. The van der Waals surface area contributed by atoms with Crippen LogP contribution in [0.25, 0.3) is 6.08 Å². The molecule has 0 saturated heterocycles. The van der Waals surface area contributed by atoms with Gasteiger partial charge >= 0.3 is 0 Å². The number of hydrogen-bond acceptors (Lipinski definition) is 5. The zero-order valence-corrected chi connectivity index (χ0v) is 16.9. The van der Waals surface area contributed by atoms with E-state index in [1.807, 2.05) is 6.07 Å². The molecule has 0 bridgehead atoms. The Hall–Kier alpha value is -3.07. The second-order valence-electron chi connectivity index (χ2n) is 6.60. The minimum atomic E-state index is -0.514. The van der Waals surface area contributed by atoms with E-state index in [0.717, 1.165) is 25.7 Å².